The number of alkyl halides is 4. The third-order valence-electron chi connectivity index (χ3n) is 2.56. The molecule has 0 bridgehead atoms. The van der Waals surface area contributed by atoms with Crippen LogP contribution in [0.1, 0.15) is 16.7 Å². The van der Waals surface area contributed by atoms with Crippen LogP contribution >= 0.6 is 0 Å². The molecule has 1 aromatic rings. The van der Waals surface area contributed by atoms with E-state index in [1.165, 1.54) is 0 Å². The minimum Gasteiger partial charge on any atom is -0.367 e. The van der Waals surface area contributed by atoms with Crippen LogP contribution in [0.25, 0.3) is 0 Å². The highest BCUT2D eigenvalue weighted by Gasteiger charge is 2.41. The second-order valence-corrected chi connectivity index (χ2v) is 4.77. The summed E-state index contributed by atoms with van der Waals surface area (Å²) in [6, 6.07) is 5.55. The Bertz CT molecular complexity index is 452. The monoisotopic (exact) mass is 292 g/mol. The fourth-order valence-corrected chi connectivity index (χ4v) is 1.81. The van der Waals surface area contributed by atoms with Crippen molar-refractivity contribution in [2.75, 3.05) is 13.2 Å². The second kappa shape index (κ2) is 6.83. The number of halogens is 4. The van der Waals surface area contributed by atoms with Crippen LogP contribution in [0.2, 0.25) is 0 Å². The maximum Gasteiger partial charge on any atom is 0.330 e. The highest BCUT2D eigenvalue weighted by molar-refractivity contribution is 5.82. The van der Waals surface area contributed by atoms with E-state index in [0.717, 1.165) is 16.7 Å². The third-order valence-corrected chi connectivity index (χ3v) is 2.56. The van der Waals surface area contributed by atoms with Crippen LogP contribution in [0.3, 0.4) is 0 Å². The molecule has 0 amide bonds. The molecule has 1 rings (SSSR count). The van der Waals surface area contributed by atoms with Gasteiger partial charge < -0.3 is 4.74 Å². The first-order valence-electron chi connectivity index (χ1n) is 6.03. The Morgan fingerprint density at radius 3 is 2.25 bits per heavy atom. The summed E-state index contributed by atoms with van der Waals surface area (Å²) in [6.07, 6.45) is -3.76. The van der Waals surface area contributed by atoms with Crippen molar-refractivity contribution < 1.29 is 27.1 Å². The Balaban J connectivity index is 2.45. The summed E-state index contributed by atoms with van der Waals surface area (Å²) in [5.41, 5.74) is 2.72. The fourth-order valence-electron chi connectivity index (χ4n) is 1.81. The first-order chi connectivity index (χ1) is 9.20. The van der Waals surface area contributed by atoms with Crippen LogP contribution in [-0.2, 0) is 16.0 Å². The average molecular weight is 292 g/mol. The van der Waals surface area contributed by atoms with E-state index in [1.807, 2.05) is 19.9 Å². The lowest BCUT2D eigenvalue weighted by molar-refractivity contribution is -0.168. The molecular weight excluding hydrogens is 276 g/mol. The van der Waals surface area contributed by atoms with Crippen molar-refractivity contribution in [3.05, 3.63) is 34.9 Å². The summed E-state index contributed by atoms with van der Waals surface area (Å²) < 4.78 is 53.2. The van der Waals surface area contributed by atoms with Crippen LogP contribution in [0.5, 0.6) is 0 Å². The number of rotatable bonds is 7. The predicted octanol–water partition coefficient (Wildman–Crippen LogP) is 3.33. The number of aryl methyl sites for hydroxylation is 2. The zero-order valence-corrected chi connectivity index (χ0v) is 11.3. The molecule has 2 nitrogen and oxygen atoms in total. The molecule has 0 N–H and O–H groups in total. The summed E-state index contributed by atoms with van der Waals surface area (Å²) >= 11 is 0. The molecule has 0 spiro atoms. The number of hydrogen-bond donors (Lipinski definition) is 0. The molecule has 0 aliphatic carbocycles. The minimum absolute atomic E-state index is 0.0305. The lowest BCUT2D eigenvalue weighted by atomic mass is 10.0. The van der Waals surface area contributed by atoms with Gasteiger partial charge in [0.1, 0.15) is 13.2 Å². The average Bonchev–Trinajstić information content (AvgIpc) is 2.26. The Morgan fingerprint density at radius 2 is 1.75 bits per heavy atom. The molecule has 1 aromatic carbocycles. The van der Waals surface area contributed by atoms with E-state index in [4.69, 9.17) is 0 Å². The van der Waals surface area contributed by atoms with Gasteiger partial charge in [0.25, 0.3) is 0 Å². The number of carbonyl (C=O) groups is 1. The topological polar surface area (TPSA) is 26.3 Å². The smallest absolute Gasteiger partial charge is 0.330 e. The van der Waals surface area contributed by atoms with Gasteiger partial charge in [-0.1, -0.05) is 29.3 Å². The van der Waals surface area contributed by atoms with Gasteiger partial charge in [-0.25, -0.2) is 8.78 Å². The first-order valence-corrected chi connectivity index (χ1v) is 6.03. The summed E-state index contributed by atoms with van der Waals surface area (Å²) in [4.78, 5) is 11.5. The Labute approximate surface area is 114 Å². The van der Waals surface area contributed by atoms with E-state index < -0.39 is 31.3 Å². The lowest BCUT2D eigenvalue weighted by Gasteiger charge is -2.14. The molecule has 112 valence electrons. The molecule has 0 radical (unpaired) electrons. The number of Topliss-reactive ketones (excluding diaryl/α,β-unsaturated/α-hetero) is 1. The molecule has 0 saturated carbocycles. The fraction of sp³-hybridized carbons (Fsp3) is 0.500. The van der Waals surface area contributed by atoms with Crippen molar-refractivity contribution in [2.24, 2.45) is 0 Å². The van der Waals surface area contributed by atoms with Crippen molar-refractivity contribution in [2.45, 2.75) is 32.6 Å². The van der Waals surface area contributed by atoms with Crippen LogP contribution in [0, 0.1) is 13.8 Å². The SMILES string of the molecule is Cc1cc(C)cc(CC(=O)COCC(F)(F)C(F)F)c1. The maximum absolute atomic E-state index is 12.5. The van der Waals surface area contributed by atoms with E-state index >= 15 is 0 Å². The van der Waals surface area contributed by atoms with Gasteiger partial charge in [0, 0.05) is 6.42 Å². The predicted molar refractivity (Wildman–Crippen MR) is 66.4 cm³/mol. The highest BCUT2D eigenvalue weighted by Crippen LogP contribution is 2.22. The van der Waals surface area contributed by atoms with Gasteiger partial charge in [-0.2, -0.15) is 8.78 Å². The molecule has 20 heavy (non-hydrogen) atoms. The van der Waals surface area contributed by atoms with Crippen molar-refractivity contribution in [1.82, 2.24) is 0 Å². The molecule has 0 atom stereocenters. The normalized spacial score (nSPS) is 11.9. The van der Waals surface area contributed by atoms with Crippen LogP contribution in [0.4, 0.5) is 17.6 Å². The van der Waals surface area contributed by atoms with Crippen molar-refractivity contribution in [1.29, 1.82) is 0 Å². The molecule has 0 unspecified atom stereocenters. The molecule has 0 aliphatic heterocycles. The highest BCUT2D eigenvalue weighted by atomic mass is 19.3. The molecule has 0 heterocycles. The van der Waals surface area contributed by atoms with E-state index in [2.05, 4.69) is 4.74 Å². The van der Waals surface area contributed by atoms with Crippen LogP contribution in [-0.4, -0.2) is 31.3 Å². The zero-order chi connectivity index (χ0) is 15.3. The Kier molecular flexibility index (Phi) is 5.68. The van der Waals surface area contributed by atoms with Gasteiger partial charge >= 0.3 is 12.3 Å². The van der Waals surface area contributed by atoms with E-state index in [9.17, 15) is 22.4 Å². The Morgan fingerprint density at radius 1 is 1.20 bits per heavy atom. The van der Waals surface area contributed by atoms with Crippen molar-refractivity contribution in [3.8, 4) is 0 Å². The van der Waals surface area contributed by atoms with E-state index in [0.29, 0.717) is 0 Å². The van der Waals surface area contributed by atoms with Gasteiger partial charge in [0.05, 0.1) is 0 Å². The van der Waals surface area contributed by atoms with Gasteiger partial charge in [0.15, 0.2) is 5.78 Å². The third kappa shape index (κ3) is 5.28. The number of hydrogen-bond acceptors (Lipinski definition) is 2. The van der Waals surface area contributed by atoms with Gasteiger partial charge in [-0.15, -0.1) is 0 Å². The maximum atomic E-state index is 12.5. The largest absolute Gasteiger partial charge is 0.367 e. The summed E-state index contributed by atoms with van der Waals surface area (Å²) in [7, 11) is 0. The lowest BCUT2D eigenvalue weighted by Crippen LogP contribution is -2.33. The van der Waals surface area contributed by atoms with Crippen molar-refractivity contribution in [3.63, 3.8) is 0 Å². The molecule has 0 fully saturated rings. The molecular formula is C14H16F4O2. The number of carbonyl (C=O) groups excluding carboxylic acids is 1. The first kappa shape index (κ1) is 16.6. The van der Waals surface area contributed by atoms with Gasteiger partial charge in [-0.3, -0.25) is 4.79 Å². The standard InChI is InChI=1S/C14H16F4O2/c1-9-3-10(2)5-11(4-9)6-12(19)7-20-8-14(17,18)13(15)16/h3-5,13H,6-8H2,1-2H3. The minimum atomic E-state index is -4.22. The molecule has 0 aromatic heterocycles. The van der Waals surface area contributed by atoms with Crippen LogP contribution in [0.15, 0.2) is 18.2 Å². The summed E-state index contributed by atoms with van der Waals surface area (Å²) in [6.45, 7) is 1.69. The molecule has 0 aliphatic rings. The van der Waals surface area contributed by atoms with Crippen molar-refractivity contribution >= 4 is 5.78 Å². The molecule has 0 saturated heterocycles. The van der Waals surface area contributed by atoms with E-state index in [1.54, 1.807) is 12.1 Å². The second-order valence-electron chi connectivity index (χ2n) is 4.77. The number of ether oxygens (including phenoxy) is 1. The number of benzene rings is 1. The van der Waals surface area contributed by atoms with Gasteiger partial charge in [0.2, 0.25) is 0 Å². The zero-order valence-electron chi connectivity index (χ0n) is 11.3. The summed E-state index contributed by atoms with van der Waals surface area (Å²) in [5, 5.41) is 0. The molecule has 6 heteroatoms. The number of ketones is 1. The van der Waals surface area contributed by atoms with Crippen LogP contribution < -0.4 is 0 Å². The van der Waals surface area contributed by atoms with Gasteiger partial charge in [-0.05, 0) is 19.4 Å². The quantitative estimate of drug-likeness (QED) is 0.721. The van der Waals surface area contributed by atoms with E-state index in [-0.39, 0.29) is 6.42 Å². The summed E-state index contributed by atoms with van der Waals surface area (Å²) in [5.74, 6) is -4.65. The Hall–Kier alpha value is -1.43.